The molecule has 1 unspecified atom stereocenters. The van der Waals surface area contributed by atoms with Crippen LogP contribution in [0.25, 0.3) is 0 Å². The van der Waals surface area contributed by atoms with Crippen molar-refractivity contribution >= 4 is 0 Å². The molecule has 0 aromatic heterocycles. The molecule has 0 bridgehead atoms. The van der Waals surface area contributed by atoms with Crippen LogP contribution in [0.1, 0.15) is 79.1 Å². The first-order valence-electron chi connectivity index (χ1n) is 12.4. The van der Waals surface area contributed by atoms with Gasteiger partial charge in [0, 0.05) is 12.5 Å². The van der Waals surface area contributed by atoms with Crippen LogP contribution < -0.4 is 0 Å². The maximum Gasteiger partial charge on any atom is 0.0847 e. The molecule has 7 atom stereocenters. The van der Waals surface area contributed by atoms with Gasteiger partial charge in [-0.05, 0) is 87.0 Å². The van der Waals surface area contributed by atoms with E-state index in [9.17, 15) is 15.3 Å². The average molecular weight is 429 g/mol. The quantitative estimate of drug-likeness (QED) is 0.474. The fourth-order valence-corrected chi connectivity index (χ4v) is 6.37. The zero-order valence-electron chi connectivity index (χ0n) is 20.1. The second-order valence-electron chi connectivity index (χ2n) is 11.1. The maximum absolute atomic E-state index is 10.7. The molecule has 0 amide bonds. The third-order valence-corrected chi connectivity index (χ3v) is 8.87. The lowest BCUT2D eigenvalue weighted by atomic mass is 9.61. The summed E-state index contributed by atoms with van der Waals surface area (Å²) in [5, 5.41) is 30.1. The van der Waals surface area contributed by atoms with E-state index in [1.54, 1.807) is 12.5 Å². The normalized spacial score (nSPS) is 38.4. The molecular weight excluding hydrogens is 384 g/mol. The first-order valence-corrected chi connectivity index (χ1v) is 12.4. The molecular formula is C28H44O3. The number of aliphatic hydroxyl groups excluding tert-OH is 2. The molecule has 3 fully saturated rings. The lowest BCUT2D eigenvalue weighted by Gasteiger charge is -2.44. The number of hydrogen-bond acceptors (Lipinski definition) is 3. The molecule has 0 radical (unpaired) electrons. The first-order chi connectivity index (χ1) is 14.6. The van der Waals surface area contributed by atoms with Crippen molar-refractivity contribution in [2.24, 2.45) is 29.1 Å². The standard InChI is InChI=1S/C28H44O3/c1-19-8-11-24(30)17-23(19)10-9-22-7-6-15-27(4)25(12-13-26(22)27)20(2)14-16-28(5,31)21(3)18-29/h9-10,14,16,20-21,24-26,29-31H,1,6-8,11-13,15,17-18H2,2-5H3/b16-14+,22-9+,23-10+/t20-,21?,24+,25-,26+,27-,28-/m1/s1. The topological polar surface area (TPSA) is 60.7 Å². The summed E-state index contributed by atoms with van der Waals surface area (Å²) in [7, 11) is 0. The molecule has 0 aromatic rings. The molecule has 0 aromatic carbocycles. The van der Waals surface area contributed by atoms with Crippen LogP contribution in [0.3, 0.4) is 0 Å². The Morgan fingerprint density at radius 1 is 1.19 bits per heavy atom. The first kappa shape index (κ1) is 24.5. The van der Waals surface area contributed by atoms with Crippen LogP contribution >= 0.6 is 0 Å². The van der Waals surface area contributed by atoms with Gasteiger partial charge >= 0.3 is 0 Å². The predicted molar refractivity (Wildman–Crippen MR) is 129 cm³/mol. The van der Waals surface area contributed by atoms with Gasteiger partial charge in [-0.1, -0.05) is 62.8 Å². The van der Waals surface area contributed by atoms with Gasteiger partial charge in [0.15, 0.2) is 0 Å². The van der Waals surface area contributed by atoms with Crippen LogP contribution in [0.5, 0.6) is 0 Å². The van der Waals surface area contributed by atoms with Gasteiger partial charge in [0.25, 0.3) is 0 Å². The second kappa shape index (κ2) is 9.77. The number of fused-ring (bicyclic) bond motifs is 1. The summed E-state index contributed by atoms with van der Waals surface area (Å²) in [6, 6.07) is 0. The lowest BCUT2D eigenvalue weighted by Crippen LogP contribution is -2.36. The van der Waals surface area contributed by atoms with E-state index < -0.39 is 5.60 Å². The number of hydrogen-bond donors (Lipinski definition) is 3. The van der Waals surface area contributed by atoms with E-state index in [1.807, 2.05) is 13.0 Å². The molecule has 3 N–H and O–H groups in total. The highest BCUT2D eigenvalue weighted by Gasteiger charge is 2.50. The Labute approximate surface area is 189 Å². The second-order valence-corrected chi connectivity index (χ2v) is 11.1. The Morgan fingerprint density at radius 2 is 1.94 bits per heavy atom. The van der Waals surface area contributed by atoms with Crippen molar-refractivity contribution in [3.8, 4) is 0 Å². The van der Waals surface area contributed by atoms with E-state index in [-0.39, 0.29) is 18.6 Å². The number of allylic oxidation sites excluding steroid dienone is 5. The Morgan fingerprint density at radius 3 is 2.65 bits per heavy atom. The Balaban J connectivity index is 1.75. The van der Waals surface area contributed by atoms with Crippen molar-refractivity contribution in [3.63, 3.8) is 0 Å². The highest BCUT2D eigenvalue weighted by Crippen LogP contribution is 2.59. The largest absolute Gasteiger partial charge is 0.396 e. The van der Waals surface area contributed by atoms with Crippen molar-refractivity contribution in [2.75, 3.05) is 6.61 Å². The van der Waals surface area contributed by atoms with E-state index in [4.69, 9.17) is 0 Å². The molecule has 0 aliphatic heterocycles. The van der Waals surface area contributed by atoms with Gasteiger partial charge in [0.05, 0.1) is 11.7 Å². The third-order valence-electron chi connectivity index (χ3n) is 8.87. The van der Waals surface area contributed by atoms with E-state index in [1.165, 1.54) is 43.3 Å². The van der Waals surface area contributed by atoms with Crippen molar-refractivity contribution in [1.29, 1.82) is 0 Å². The highest BCUT2D eigenvalue weighted by molar-refractivity contribution is 5.36. The minimum absolute atomic E-state index is 0.0119. The van der Waals surface area contributed by atoms with E-state index >= 15 is 0 Å². The van der Waals surface area contributed by atoms with Crippen molar-refractivity contribution < 1.29 is 15.3 Å². The Bertz CT molecular complexity index is 743. The molecule has 3 aliphatic carbocycles. The summed E-state index contributed by atoms with van der Waals surface area (Å²) in [6.45, 7) is 12.7. The van der Waals surface area contributed by atoms with E-state index in [0.717, 1.165) is 19.3 Å². The SMILES string of the molecule is C=C1CC[C@H](O)C/C1=C\C=C1/CCC[C@]2(C)[C@@H]([C@H](C)/C=C/[C@@](C)(O)C(C)CO)CC[C@@H]12. The molecule has 0 saturated heterocycles. The minimum Gasteiger partial charge on any atom is -0.396 e. The molecule has 3 saturated carbocycles. The smallest absolute Gasteiger partial charge is 0.0847 e. The predicted octanol–water partition coefficient (Wildman–Crippen LogP) is 5.73. The molecule has 3 nitrogen and oxygen atoms in total. The van der Waals surface area contributed by atoms with Gasteiger partial charge in [-0.2, -0.15) is 0 Å². The fourth-order valence-electron chi connectivity index (χ4n) is 6.37. The highest BCUT2D eigenvalue weighted by atomic mass is 16.3. The van der Waals surface area contributed by atoms with Crippen LogP contribution in [0, 0.1) is 29.1 Å². The summed E-state index contributed by atoms with van der Waals surface area (Å²) in [5.74, 6) is 1.46. The average Bonchev–Trinajstić information content (AvgIpc) is 3.09. The molecule has 3 rings (SSSR count). The molecule has 3 aliphatic rings. The lowest BCUT2D eigenvalue weighted by molar-refractivity contribution is 0.0245. The summed E-state index contributed by atoms with van der Waals surface area (Å²) >= 11 is 0. The molecule has 0 spiro atoms. The monoisotopic (exact) mass is 428 g/mol. The van der Waals surface area contributed by atoms with Gasteiger partial charge in [-0.15, -0.1) is 0 Å². The van der Waals surface area contributed by atoms with Gasteiger partial charge in [-0.25, -0.2) is 0 Å². The zero-order valence-corrected chi connectivity index (χ0v) is 20.1. The van der Waals surface area contributed by atoms with Crippen molar-refractivity contribution in [3.05, 3.63) is 47.6 Å². The van der Waals surface area contributed by atoms with Crippen molar-refractivity contribution in [2.45, 2.75) is 90.8 Å². The van der Waals surface area contributed by atoms with Crippen LogP contribution in [0.4, 0.5) is 0 Å². The summed E-state index contributed by atoms with van der Waals surface area (Å²) in [6.07, 6.45) is 17.1. The summed E-state index contributed by atoms with van der Waals surface area (Å²) < 4.78 is 0. The fraction of sp³-hybridized carbons (Fsp3) is 0.714. The molecule has 3 heteroatoms. The van der Waals surface area contributed by atoms with Crippen LogP contribution in [-0.2, 0) is 0 Å². The Hall–Kier alpha value is -1.16. The summed E-state index contributed by atoms with van der Waals surface area (Å²) in [5.41, 5.74) is 3.31. The zero-order chi connectivity index (χ0) is 22.8. The van der Waals surface area contributed by atoms with Gasteiger partial charge in [0.2, 0.25) is 0 Å². The van der Waals surface area contributed by atoms with E-state index in [2.05, 4.69) is 38.7 Å². The maximum atomic E-state index is 10.7. The Kier molecular flexibility index (Phi) is 7.71. The molecule has 31 heavy (non-hydrogen) atoms. The minimum atomic E-state index is -0.974. The molecule has 0 heterocycles. The van der Waals surface area contributed by atoms with Gasteiger partial charge < -0.3 is 15.3 Å². The van der Waals surface area contributed by atoms with Crippen molar-refractivity contribution in [1.82, 2.24) is 0 Å². The molecule has 174 valence electrons. The van der Waals surface area contributed by atoms with Crippen LogP contribution in [0.2, 0.25) is 0 Å². The van der Waals surface area contributed by atoms with Gasteiger partial charge in [-0.3, -0.25) is 0 Å². The third kappa shape index (κ3) is 5.26. The number of rotatable bonds is 6. The summed E-state index contributed by atoms with van der Waals surface area (Å²) in [4.78, 5) is 0. The van der Waals surface area contributed by atoms with Gasteiger partial charge in [0.1, 0.15) is 0 Å². The van der Waals surface area contributed by atoms with Crippen LogP contribution in [0.15, 0.2) is 47.6 Å². The van der Waals surface area contributed by atoms with Crippen LogP contribution in [-0.4, -0.2) is 33.6 Å². The number of aliphatic hydroxyl groups is 3. The van der Waals surface area contributed by atoms with E-state index in [0.29, 0.717) is 23.2 Å².